The van der Waals surface area contributed by atoms with E-state index in [0.29, 0.717) is 18.3 Å². The van der Waals surface area contributed by atoms with Crippen LogP contribution >= 0.6 is 0 Å². The summed E-state index contributed by atoms with van der Waals surface area (Å²) in [5.74, 6) is 1.11. The first-order valence-electron chi connectivity index (χ1n) is 8.43. The number of aromatic nitrogens is 2. The predicted molar refractivity (Wildman–Crippen MR) is 97.3 cm³/mol. The number of nitrogens with two attached hydrogens (primary N) is 1. The standard InChI is InChI=1S/C20H24N4O/c1-20(2,21)19-22-18(25-23-19)15-24(13-16-9-5-3-6-10-16)14-17-11-7-4-8-12-17/h3-12H,13-15,21H2,1-2H3. The fourth-order valence-electron chi connectivity index (χ4n) is 2.62. The Morgan fingerprint density at radius 2 is 1.40 bits per heavy atom. The molecule has 1 aromatic heterocycles. The average molecular weight is 336 g/mol. The number of rotatable bonds is 7. The molecule has 0 radical (unpaired) electrons. The average Bonchev–Trinajstić information content (AvgIpc) is 3.05. The first kappa shape index (κ1) is 17.3. The van der Waals surface area contributed by atoms with Gasteiger partial charge in [0, 0.05) is 13.1 Å². The topological polar surface area (TPSA) is 68.2 Å². The third kappa shape index (κ3) is 4.98. The van der Waals surface area contributed by atoms with Crippen molar-refractivity contribution in [2.75, 3.05) is 0 Å². The van der Waals surface area contributed by atoms with Crippen LogP contribution in [-0.2, 0) is 25.2 Å². The minimum Gasteiger partial charge on any atom is -0.338 e. The Morgan fingerprint density at radius 1 is 0.880 bits per heavy atom. The van der Waals surface area contributed by atoms with E-state index in [1.54, 1.807) is 0 Å². The zero-order valence-corrected chi connectivity index (χ0v) is 14.7. The van der Waals surface area contributed by atoms with E-state index in [4.69, 9.17) is 10.3 Å². The van der Waals surface area contributed by atoms with Gasteiger partial charge in [-0.2, -0.15) is 4.98 Å². The van der Waals surface area contributed by atoms with Crippen LogP contribution in [0, 0.1) is 0 Å². The Morgan fingerprint density at radius 3 is 1.84 bits per heavy atom. The Bertz CT molecular complexity index is 737. The molecule has 0 saturated heterocycles. The van der Waals surface area contributed by atoms with Crippen LogP contribution in [0.3, 0.4) is 0 Å². The fraction of sp³-hybridized carbons (Fsp3) is 0.300. The highest BCUT2D eigenvalue weighted by Gasteiger charge is 2.22. The van der Waals surface area contributed by atoms with Crippen LogP contribution in [-0.4, -0.2) is 15.0 Å². The second-order valence-electron chi connectivity index (χ2n) is 6.85. The number of benzene rings is 2. The van der Waals surface area contributed by atoms with E-state index in [2.05, 4.69) is 63.6 Å². The maximum Gasteiger partial charge on any atom is 0.240 e. The molecule has 3 rings (SSSR count). The van der Waals surface area contributed by atoms with Gasteiger partial charge in [-0.05, 0) is 25.0 Å². The van der Waals surface area contributed by atoms with Gasteiger partial charge in [-0.15, -0.1) is 0 Å². The molecule has 25 heavy (non-hydrogen) atoms. The molecular formula is C20H24N4O. The predicted octanol–water partition coefficient (Wildman–Crippen LogP) is 3.47. The lowest BCUT2D eigenvalue weighted by molar-refractivity contribution is 0.210. The van der Waals surface area contributed by atoms with Crippen molar-refractivity contribution in [3.8, 4) is 0 Å². The fourth-order valence-corrected chi connectivity index (χ4v) is 2.62. The summed E-state index contributed by atoms with van der Waals surface area (Å²) < 4.78 is 5.41. The highest BCUT2D eigenvalue weighted by atomic mass is 16.5. The second-order valence-corrected chi connectivity index (χ2v) is 6.85. The second kappa shape index (κ2) is 7.59. The SMILES string of the molecule is CC(C)(N)c1noc(CN(Cc2ccccc2)Cc2ccccc2)n1. The lowest BCUT2D eigenvalue weighted by atomic mass is 10.1. The van der Waals surface area contributed by atoms with E-state index in [9.17, 15) is 0 Å². The zero-order chi connectivity index (χ0) is 17.7. The molecule has 5 heteroatoms. The Labute approximate surface area is 148 Å². The van der Waals surface area contributed by atoms with E-state index in [1.807, 2.05) is 26.0 Å². The molecule has 5 nitrogen and oxygen atoms in total. The van der Waals surface area contributed by atoms with Gasteiger partial charge >= 0.3 is 0 Å². The monoisotopic (exact) mass is 336 g/mol. The molecule has 3 aromatic rings. The van der Waals surface area contributed by atoms with E-state index in [0.717, 1.165) is 13.1 Å². The van der Waals surface area contributed by atoms with Crippen LogP contribution in [0.1, 0.15) is 36.7 Å². The summed E-state index contributed by atoms with van der Waals surface area (Å²) in [6, 6.07) is 20.8. The summed E-state index contributed by atoms with van der Waals surface area (Å²) in [4.78, 5) is 6.74. The molecule has 0 spiro atoms. The van der Waals surface area contributed by atoms with Crippen molar-refractivity contribution in [2.45, 2.75) is 39.0 Å². The summed E-state index contributed by atoms with van der Waals surface area (Å²) in [6.45, 7) is 5.92. The van der Waals surface area contributed by atoms with E-state index in [1.165, 1.54) is 11.1 Å². The van der Waals surface area contributed by atoms with Crippen LogP contribution in [0.4, 0.5) is 0 Å². The molecule has 0 bridgehead atoms. The minimum absolute atomic E-state index is 0.530. The Hall–Kier alpha value is -2.50. The largest absolute Gasteiger partial charge is 0.338 e. The molecule has 0 saturated carbocycles. The van der Waals surface area contributed by atoms with Gasteiger partial charge in [-0.25, -0.2) is 0 Å². The highest BCUT2D eigenvalue weighted by molar-refractivity contribution is 5.17. The molecule has 0 atom stereocenters. The van der Waals surface area contributed by atoms with E-state index >= 15 is 0 Å². The summed E-state index contributed by atoms with van der Waals surface area (Å²) in [5, 5.41) is 4.02. The summed E-state index contributed by atoms with van der Waals surface area (Å²) in [6.07, 6.45) is 0. The van der Waals surface area contributed by atoms with Gasteiger partial charge in [0.1, 0.15) is 0 Å². The van der Waals surface area contributed by atoms with Crippen molar-refractivity contribution in [1.29, 1.82) is 0 Å². The molecule has 0 amide bonds. The number of nitrogens with zero attached hydrogens (tertiary/aromatic N) is 3. The smallest absolute Gasteiger partial charge is 0.240 e. The van der Waals surface area contributed by atoms with Crippen molar-refractivity contribution >= 4 is 0 Å². The first-order valence-corrected chi connectivity index (χ1v) is 8.43. The molecule has 2 aromatic carbocycles. The minimum atomic E-state index is -0.606. The molecular weight excluding hydrogens is 312 g/mol. The van der Waals surface area contributed by atoms with Crippen LogP contribution in [0.15, 0.2) is 65.2 Å². The third-order valence-electron chi connectivity index (χ3n) is 3.90. The van der Waals surface area contributed by atoms with Gasteiger partial charge in [0.15, 0.2) is 5.82 Å². The van der Waals surface area contributed by atoms with Crippen molar-refractivity contribution in [1.82, 2.24) is 15.0 Å². The first-order chi connectivity index (χ1) is 12.0. The van der Waals surface area contributed by atoms with Gasteiger partial charge in [-0.3, -0.25) is 4.90 Å². The van der Waals surface area contributed by atoms with Crippen LogP contribution in [0.5, 0.6) is 0 Å². The summed E-state index contributed by atoms with van der Waals surface area (Å²) in [5.41, 5.74) is 7.94. The van der Waals surface area contributed by atoms with Crippen LogP contribution in [0.2, 0.25) is 0 Å². The molecule has 0 aliphatic rings. The summed E-state index contributed by atoms with van der Waals surface area (Å²) >= 11 is 0. The van der Waals surface area contributed by atoms with Crippen LogP contribution < -0.4 is 5.73 Å². The molecule has 2 N–H and O–H groups in total. The summed E-state index contributed by atoms with van der Waals surface area (Å²) in [7, 11) is 0. The quantitative estimate of drug-likeness (QED) is 0.715. The van der Waals surface area contributed by atoms with Crippen molar-refractivity contribution in [3.63, 3.8) is 0 Å². The maximum atomic E-state index is 6.05. The molecule has 1 heterocycles. The Kier molecular flexibility index (Phi) is 5.26. The Balaban J connectivity index is 1.77. The molecule has 0 aliphatic heterocycles. The van der Waals surface area contributed by atoms with Crippen molar-refractivity contribution < 1.29 is 4.52 Å². The number of hydrogen-bond donors (Lipinski definition) is 1. The zero-order valence-electron chi connectivity index (χ0n) is 14.7. The molecule has 0 fully saturated rings. The van der Waals surface area contributed by atoms with Crippen molar-refractivity contribution in [3.05, 3.63) is 83.5 Å². The molecule has 0 unspecified atom stereocenters. The lowest BCUT2D eigenvalue weighted by Crippen LogP contribution is -2.30. The van der Waals surface area contributed by atoms with Gasteiger partial charge < -0.3 is 10.3 Å². The third-order valence-corrected chi connectivity index (χ3v) is 3.90. The van der Waals surface area contributed by atoms with Crippen molar-refractivity contribution in [2.24, 2.45) is 5.73 Å². The van der Waals surface area contributed by atoms with Crippen LogP contribution in [0.25, 0.3) is 0 Å². The van der Waals surface area contributed by atoms with Gasteiger partial charge in [-0.1, -0.05) is 65.8 Å². The van der Waals surface area contributed by atoms with Gasteiger partial charge in [0.05, 0.1) is 12.1 Å². The van der Waals surface area contributed by atoms with Gasteiger partial charge in [0.25, 0.3) is 0 Å². The number of hydrogen-bond acceptors (Lipinski definition) is 5. The lowest BCUT2D eigenvalue weighted by Gasteiger charge is -2.21. The van der Waals surface area contributed by atoms with E-state index in [-0.39, 0.29) is 0 Å². The maximum absolute atomic E-state index is 6.05. The normalized spacial score (nSPS) is 11.8. The highest BCUT2D eigenvalue weighted by Crippen LogP contribution is 2.16. The molecule has 0 aliphatic carbocycles. The van der Waals surface area contributed by atoms with E-state index < -0.39 is 5.54 Å². The molecule has 130 valence electrons. The van der Waals surface area contributed by atoms with Gasteiger partial charge in [0.2, 0.25) is 5.89 Å².